The fourth-order valence-corrected chi connectivity index (χ4v) is 1.07. The Morgan fingerprint density at radius 2 is 2.00 bits per heavy atom. The molecule has 0 unspecified atom stereocenters. The van der Waals surface area contributed by atoms with Gasteiger partial charge in [0.2, 0.25) is 0 Å². The quantitative estimate of drug-likeness (QED) is 0.407. The number of rotatable bonds is 3. The maximum absolute atomic E-state index is 7.02. The lowest BCUT2D eigenvalue weighted by atomic mass is 10.2. The summed E-state index contributed by atoms with van der Waals surface area (Å²) in [6.45, 7) is 0.848. The van der Waals surface area contributed by atoms with Gasteiger partial charge in [-0.2, -0.15) is 0 Å². The molecule has 5 N–H and O–H groups in total. The van der Waals surface area contributed by atoms with E-state index in [1.54, 1.807) is 0 Å². The minimum atomic E-state index is -0.0404. The second-order valence-electron chi connectivity index (χ2n) is 2.77. The standard InChI is InChI=1S/C9H14N4/c1-12-6-7-2-4-8(5-3-7)13-9(10)11/h2-5,12H,6H2,1H3,(H4,10,11,13). The monoisotopic (exact) mass is 178 g/mol. The molecule has 0 fully saturated rings. The van der Waals surface area contributed by atoms with Crippen LogP contribution in [-0.4, -0.2) is 13.0 Å². The highest BCUT2D eigenvalue weighted by Crippen LogP contribution is 2.08. The zero-order valence-corrected chi connectivity index (χ0v) is 7.59. The largest absolute Gasteiger partial charge is 0.370 e. The molecule has 70 valence electrons. The normalized spacial score (nSPS) is 9.62. The molecule has 0 saturated heterocycles. The number of nitrogens with one attached hydrogen (secondary N) is 3. The summed E-state index contributed by atoms with van der Waals surface area (Å²) < 4.78 is 0. The van der Waals surface area contributed by atoms with Crippen molar-refractivity contribution >= 4 is 11.6 Å². The third kappa shape index (κ3) is 3.13. The fraction of sp³-hybridized carbons (Fsp3) is 0.222. The van der Waals surface area contributed by atoms with Crippen LogP contribution in [0.2, 0.25) is 0 Å². The number of anilines is 1. The Morgan fingerprint density at radius 3 is 2.46 bits per heavy atom. The summed E-state index contributed by atoms with van der Waals surface area (Å²) in [7, 11) is 1.90. The van der Waals surface area contributed by atoms with Crippen molar-refractivity contribution in [3.63, 3.8) is 0 Å². The molecule has 1 aromatic carbocycles. The Balaban J connectivity index is 2.64. The van der Waals surface area contributed by atoms with Gasteiger partial charge >= 0.3 is 0 Å². The minimum absolute atomic E-state index is 0.0404. The van der Waals surface area contributed by atoms with Crippen LogP contribution in [-0.2, 0) is 6.54 Å². The average Bonchev–Trinajstić information content (AvgIpc) is 2.08. The predicted molar refractivity (Wildman–Crippen MR) is 54.7 cm³/mol. The Kier molecular flexibility index (Phi) is 3.28. The fourth-order valence-electron chi connectivity index (χ4n) is 1.07. The third-order valence-electron chi connectivity index (χ3n) is 1.61. The molecule has 0 aliphatic heterocycles. The summed E-state index contributed by atoms with van der Waals surface area (Å²) >= 11 is 0. The molecular formula is C9H14N4. The van der Waals surface area contributed by atoms with Crippen LogP contribution in [0.4, 0.5) is 5.69 Å². The SMILES string of the molecule is CNCc1ccc(NC(=N)N)cc1. The topological polar surface area (TPSA) is 73.9 Å². The molecule has 0 saturated carbocycles. The van der Waals surface area contributed by atoms with E-state index in [9.17, 15) is 0 Å². The smallest absolute Gasteiger partial charge is 0.190 e. The van der Waals surface area contributed by atoms with Gasteiger partial charge in [0.25, 0.3) is 0 Å². The molecule has 0 bridgehead atoms. The first kappa shape index (κ1) is 9.54. The lowest BCUT2D eigenvalue weighted by Crippen LogP contribution is -2.20. The molecule has 0 aliphatic carbocycles. The van der Waals surface area contributed by atoms with E-state index in [2.05, 4.69) is 10.6 Å². The van der Waals surface area contributed by atoms with Crippen LogP contribution in [0, 0.1) is 5.41 Å². The van der Waals surface area contributed by atoms with Crippen molar-refractivity contribution in [1.29, 1.82) is 5.41 Å². The van der Waals surface area contributed by atoms with Gasteiger partial charge in [0.1, 0.15) is 0 Å². The van der Waals surface area contributed by atoms with Crippen LogP contribution in [0.5, 0.6) is 0 Å². The van der Waals surface area contributed by atoms with Crippen molar-refractivity contribution in [1.82, 2.24) is 5.32 Å². The summed E-state index contributed by atoms with van der Waals surface area (Å²) in [5.41, 5.74) is 7.23. The van der Waals surface area contributed by atoms with Crippen LogP contribution in [0.25, 0.3) is 0 Å². The van der Waals surface area contributed by atoms with Crippen molar-refractivity contribution in [3.05, 3.63) is 29.8 Å². The van der Waals surface area contributed by atoms with Crippen molar-refractivity contribution in [2.75, 3.05) is 12.4 Å². The van der Waals surface area contributed by atoms with Crippen LogP contribution >= 0.6 is 0 Å². The third-order valence-corrected chi connectivity index (χ3v) is 1.61. The van der Waals surface area contributed by atoms with Crippen LogP contribution in [0.15, 0.2) is 24.3 Å². The van der Waals surface area contributed by atoms with E-state index >= 15 is 0 Å². The second-order valence-corrected chi connectivity index (χ2v) is 2.77. The maximum Gasteiger partial charge on any atom is 0.190 e. The molecule has 0 spiro atoms. The number of guanidine groups is 1. The molecule has 0 heterocycles. The summed E-state index contributed by atoms with van der Waals surface area (Å²) in [4.78, 5) is 0. The first-order chi connectivity index (χ1) is 6.22. The van der Waals surface area contributed by atoms with Gasteiger partial charge in [0, 0.05) is 12.2 Å². The van der Waals surface area contributed by atoms with Crippen molar-refractivity contribution in [2.24, 2.45) is 5.73 Å². The Labute approximate surface area is 77.7 Å². The second kappa shape index (κ2) is 4.47. The number of hydrogen-bond acceptors (Lipinski definition) is 2. The van der Waals surface area contributed by atoms with E-state index in [-0.39, 0.29) is 5.96 Å². The van der Waals surface area contributed by atoms with Crippen molar-refractivity contribution in [2.45, 2.75) is 6.54 Å². The Bertz CT molecular complexity index is 278. The van der Waals surface area contributed by atoms with E-state index < -0.39 is 0 Å². The van der Waals surface area contributed by atoms with Gasteiger partial charge in [-0.25, -0.2) is 0 Å². The van der Waals surface area contributed by atoms with Gasteiger partial charge < -0.3 is 16.4 Å². The highest BCUT2D eigenvalue weighted by Gasteiger charge is 1.93. The van der Waals surface area contributed by atoms with E-state index in [4.69, 9.17) is 11.1 Å². The molecule has 0 amide bonds. The summed E-state index contributed by atoms with van der Waals surface area (Å²) in [5, 5.41) is 12.8. The average molecular weight is 178 g/mol. The summed E-state index contributed by atoms with van der Waals surface area (Å²) in [5.74, 6) is -0.0404. The summed E-state index contributed by atoms with van der Waals surface area (Å²) in [6.07, 6.45) is 0. The van der Waals surface area contributed by atoms with Gasteiger partial charge in [-0.15, -0.1) is 0 Å². The highest BCUT2D eigenvalue weighted by molar-refractivity contribution is 5.89. The zero-order valence-electron chi connectivity index (χ0n) is 7.59. The molecule has 0 aliphatic rings. The van der Waals surface area contributed by atoms with Gasteiger partial charge in [-0.1, -0.05) is 12.1 Å². The van der Waals surface area contributed by atoms with Crippen LogP contribution in [0.3, 0.4) is 0 Å². The van der Waals surface area contributed by atoms with Crippen molar-refractivity contribution in [3.8, 4) is 0 Å². The van der Waals surface area contributed by atoms with Gasteiger partial charge in [-0.3, -0.25) is 5.41 Å². The van der Waals surface area contributed by atoms with Gasteiger partial charge in [0.15, 0.2) is 5.96 Å². The molecule has 0 aromatic heterocycles. The molecule has 4 heteroatoms. The van der Waals surface area contributed by atoms with Crippen LogP contribution < -0.4 is 16.4 Å². The molecule has 0 radical (unpaired) electrons. The van der Waals surface area contributed by atoms with Crippen molar-refractivity contribution < 1.29 is 0 Å². The van der Waals surface area contributed by atoms with Gasteiger partial charge in [0.05, 0.1) is 0 Å². The molecule has 0 atom stereocenters. The first-order valence-corrected chi connectivity index (χ1v) is 4.07. The highest BCUT2D eigenvalue weighted by atomic mass is 15.0. The maximum atomic E-state index is 7.02. The van der Waals surface area contributed by atoms with Gasteiger partial charge in [-0.05, 0) is 24.7 Å². The number of benzene rings is 1. The van der Waals surface area contributed by atoms with E-state index in [1.165, 1.54) is 5.56 Å². The molecular weight excluding hydrogens is 164 g/mol. The minimum Gasteiger partial charge on any atom is -0.370 e. The number of nitrogens with two attached hydrogens (primary N) is 1. The molecule has 13 heavy (non-hydrogen) atoms. The predicted octanol–water partition coefficient (Wildman–Crippen LogP) is 0.711. The molecule has 1 aromatic rings. The number of hydrogen-bond donors (Lipinski definition) is 4. The molecule has 4 nitrogen and oxygen atoms in total. The van der Waals surface area contributed by atoms with Crippen LogP contribution in [0.1, 0.15) is 5.56 Å². The van der Waals surface area contributed by atoms with E-state index in [1.807, 2.05) is 31.3 Å². The Hall–Kier alpha value is -1.55. The molecule has 1 rings (SSSR count). The van der Waals surface area contributed by atoms with E-state index in [0.29, 0.717) is 0 Å². The van der Waals surface area contributed by atoms with E-state index in [0.717, 1.165) is 12.2 Å². The lowest BCUT2D eigenvalue weighted by Gasteiger charge is -2.04. The Morgan fingerprint density at radius 1 is 1.38 bits per heavy atom. The summed E-state index contributed by atoms with van der Waals surface area (Å²) in [6, 6.07) is 7.77. The lowest BCUT2D eigenvalue weighted by molar-refractivity contribution is 0.818. The zero-order chi connectivity index (χ0) is 9.68. The first-order valence-electron chi connectivity index (χ1n) is 4.07.